The zero-order valence-corrected chi connectivity index (χ0v) is 11.8. The van der Waals surface area contributed by atoms with E-state index in [-0.39, 0.29) is 0 Å². The molecule has 0 saturated carbocycles. The maximum atomic E-state index is 4.49. The topological polar surface area (TPSA) is 60.0 Å². The van der Waals surface area contributed by atoms with Gasteiger partial charge in [0, 0.05) is 30.0 Å². The van der Waals surface area contributed by atoms with Crippen LogP contribution in [0.25, 0.3) is 16.6 Å². The summed E-state index contributed by atoms with van der Waals surface area (Å²) in [6.07, 6.45) is 1.87. The lowest BCUT2D eigenvalue weighted by Gasteiger charge is -2.00. The summed E-state index contributed by atoms with van der Waals surface area (Å²) in [5, 5.41) is 13.2. The predicted molar refractivity (Wildman–Crippen MR) is 81.7 cm³/mol. The summed E-state index contributed by atoms with van der Waals surface area (Å²) in [4.78, 5) is 4.43. The quantitative estimate of drug-likeness (QED) is 0.612. The van der Waals surface area contributed by atoms with E-state index in [2.05, 4.69) is 33.5 Å². The average Bonchev–Trinajstić information content (AvgIpc) is 3.00. The molecule has 0 saturated heterocycles. The standard InChI is InChI=1S/C15H14N6/c1-10-12-7-6-11(9-13(12)18-20(10)2)16-15-17-14-5-3-4-8-21(14)19-15/h3-9H,1-2H3,(H,16,19). The molecule has 3 aromatic heterocycles. The molecule has 0 aliphatic carbocycles. The maximum Gasteiger partial charge on any atom is 0.247 e. The molecule has 0 unspecified atom stereocenters. The largest absolute Gasteiger partial charge is 0.323 e. The first-order valence-corrected chi connectivity index (χ1v) is 6.72. The Morgan fingerprint density at radius 3 is 2.86 bits per heavy atom. The third-order valence-electron chi connectivity index (χ3n) is 3.63. The van der Waals surface area contributed by atoms with Crippen LogP contribution in [0.15, 0.2) is 42.6 Å². The molecule has 0 amide bonds. The summed E-state index contributed by atoms with van der Waals surface area (Å²) in [6.45, 7) is 2.06. The van der Waals surface area contributed by atoms with E-state index in [1.165, 1.54) is 0 Å². The summed E-state index contributed by atoms with van der Waals surface area (Å²) >= 11 is 0. The van der Waals surface area contributed by atoms with Gasteiger partial charge in [0.25, 0.3) is 0 Å². The van der Waals surface area contributed by atoms with Gasteiger partial charge < -0.3 is 5.32 Å². The molecular weight excluding hydrogens is 264 g/mol. The van der Waals surface area contributed by atoms with Crippen LogP contribution in [0.1, 0.15) is 5.69 Å². The Morgan fingerprint density at radius 2 is 2.00 bits per heavy atom. The molecular formula is C15H14N6. The predicted octanol–water partition coefficient (Wildman–Crippen LogP) is 2.67. The summed E-state index contributed by atoms with van der Waals surface area (Å²) < 4.78 is 3.63. The Labute approximate surface area is 121 Å². The minimum absolute atomic E-state index is 0.577. The van der Waals surface area contributed by atoms with Crippen molar-refractivity contribution in [3.63, 3.8) is 0 Å². The number of aromatic nitrogens is 5. The third kappa shape index (κ3) is 1.92. The number of anilines is 2. The molecule has 6 heteroatoms. The van der Waals surface area contributed by atoms with Gasteiger partial charge in [0.1, 0.15) is 0 Å². The van der Waals surface area contributed by atoms with Crippen molar-refractivity contribution in [3.05, 3.63) is 48.3 Å². The Morgan fingerprint density at radius 1 is 1.10 bits per heavy atom. The first-order valence-electron chi connectivity index (χ1n) is 6.72. The van der Waals surface area contributed by atoms with Gasteiger partial charge in [0.2, 0.25) is 5.95 Å². The molecule has 0 spiro atoms. The van der Waals surface area contributed by atoms with E-state index >= 15 is 0 Å². The summed E-state index contributed by atoms with van der Waals surface area (Å²) in [5.41, 5.74) is 3.86. The molecule has 0 aliphatic rings. The highest BCUT2D eigenvalue weighted by molar-refractivity contribution is 5.85. The second-order valence-electron chi connectivity index (χ2n) is 5.00. The maximum absolute atomic E-state index is 4.49. The second kappa shape index (κ2) is 4.31. The third-order valence-corrected chi connectivity index (χ3v) is 3.63. The van der Waals surface area contributed by atoms with Gasteiger partial charge in [-0.3, -0.25) is 4.68 Å². The minimum atomic E-state index is 0.577. The van der Waals surface area contributed by atoms with Crippen LogP contribution in [0.5, 0.6) is 0 Å². The van der Waals surface area contributed by atoms with Gasteiger partial charge in [0.05, 0.1) is 5.52 Å². The van der Waals surface area contributed by atoms with Crippen molar-refractivity contribution in [2.24, 2.45) is 7.05 Å². The molecule has 6 nitrogen and oxygen atoms in total. The molecule has 21 heavy (non-hydrogen) atoms. The van der Waals surface area contributed by atoms with Crippen LogP contribution in [0.2, 0.25) is 0 Å². The summed E-state index contributed by atoms with van der Waals surface area (Å²) in [6, 6.07) is 11.9. The molecule has 3 heterocycles. The van der Waals surface area contributed by atoms with Crippen molar-refractivity contribution in [1.82, 2.24) is 24.4 Å². The van der Waals surface area contributed by atoms with Crippen molar-refractivity contribution in [2.45, 2.75) is 6.92 Å². The van der Waals surface area contributed by atoms with Crippen molar-refractivity contribution in [1.29, 1.82) is 0 Å². The number of hydrogen-bond acceptors (Lipinski definition) is 4. The van der Waals surface area contributed by atoms with Crippen LogP contribution < -0.4 is 5.32 Å². The van der Waals surface area contributed by atoms with Crippen molar-refractivity contribution in [3.8, 4) is 0 Å². The van der Waals surface area contributed by atoms with Crippen LogP contribution >= 0.6 is 0 Å². The van der Waals surface area contributed by atoms with E-state index in [0.29, 0.717) is 5.95 Å². The van der Waals surface area contributed by atoms with Crippen molar-refractivity contribution >= 4 is 28.2 Å². The number of benzene rings is 1. The molecule has 4 rings (SSSR count). The number of rotatable bonds is 2. The molecule has 0 atom stereocenters. The number of hydrogen-bond donors (Lipinski definition) is 1. The van der Waals surface area contributed by atoms with Crippen LogP contribution in [0.3, 0.4) is 0 Å². The molecule has 1 aromatic carbocycles. The fourth-order valence-electron chi connectivity index (χ4n) is 2.42. The fraction of sp³-hybridized carbons (Fsp3) is 0.133. The van der Waals surface area contributed by atoms with Gasteiger partial charge >= 0.3 is 0 Å². The number of nitrogens with one attached hydrogen (secondary N) is 1. The van der Waals surface area contributed by atoms with Crippen molar-refractivity contribution in [2.75, 3.05) is 5.32 Å². The van der Waals surface area contributed by atoms with E-state index in [4.69, 9.17) is 0 Å². The highest BCUT2D eigenvalue weighted by Gasteiger charge is 2.07. The molecule has 0 fully saturated rings. The molecule has 104 valence electrons. The highest BCUT2D eigenvalue weighted by Crippen LogP contribution is 2.22. The van der Waals surface area contributed by atoms with E-state index in [0.717, 1.165) is 27.9 Å². The first kappa shape index (κ1) is 11.9. The number of pyridine rings is 1. The number of fused-ring (bicyclic) bond motifs is 2. The van der Waals surface area contributed by atoms with Gasteiger partial charge in [-0.1, -0.05) is 6.07 Å². The van der Waals surface area contributed by atoms with Gasteiger partial charge in [-0.2, -0.15) is 10.1 Å². The van der Waals surface area contributed by atoms with Gasteiger partial charge in [-0.25, -0.2) is 4.52 Å². The fourth-order valence-corrected chi connectivity index (χ4v) is 2.42. The van der Waals surface area contributed by atoms with Gasteiger partial charge in [-0.15, -0.1) is 5.10 Å². The minimum Gasteiger partial charge on any atom is -0.323 e. The van der Waals surface area contributed by atoms with E-state index in [9.17, 15) is 0 Å². The summed E-state index contributed by atoms with van der Waals surface area (Å²) in [7, 11) is 1.95. The number of aryl methyl sites for hydroxylation is 2. The SMILES string of the molecule is Cc1c2ccc(Nc3nc4ccccn4n3)cc2nn1C. The van der Waals surface area contributed by atoms with Crippen molar-refractivity contribution < 1.29 is 0 Å². The molecule has 1 N–H and O–H groups in total. The monoisotopic (exact) mass is 278 g/mol. The molecule has 0 radical (unpaired) electrons. The Bertz CT molecular complexity index is 916. The molecule has 0 aliphatic heterocycles. The first-order chi connectivity index (χ1) is 10.2. The molecule has 4 aromatic rings. The van der Waals surface area contributed by atoms with E-state index in [1.807, 2.05) is 48.3 Å². The van der Waals surface area contributed by atoms with Crippen LogP contribution in [0, 0.1) is 6.92 Å². The summed E-state index contributed by atoms with van der Waals surface area (Å²) in [5.74, 6) is 0.577. The zero-order valence-electron chi connectivity index (χ0n) is 11.8. The van der Waals surface area contributed by atoms with E-state index < -0.39 is 0 Å². The van der Waals surface area contributed by atoms with Gasteiger partial charge in [0.15, 0.2) is 5.65 Å². The van der Waals surface area contributed by atoms with Crippen LogP contribution in [-0.4, -0.2) is 24.4 Å². The van der Waals surface area contributed by atoms with Crippen LogP contribution in [0.4, 0.5) is 11.6 Å². The smallest absolute Gasteiger partial charge is 0.247 e. The van der Waals surface area contributed by atoms with Crippen LogP contribution in [-0.2, 0) is 7.05 Å². The lowest BCUT2D eigenvalue weighted by molar-refractivity contribution is 0.751. The lowest BCUT2D eigenvalue weighted by Crippen LogP contribution is -1.93. The Kier molecular flexibility index (Phi) is 2.44. The van der Waals surface area contributed by atoms with E-state index in [1.54, 1.807) is 4.52 Å². The normalized spacial score (nSPS) is 11.3. The Hall–Kier alpha value is -2.89. The average molecular weight is 278 g/mol. The molecule has 0 bridgehead atoms. The highest BCUT2D eigenvalue weighted by atomic mass is 15.3. The zero-order chi connectivity index (χ0) is 14.4. The lowest BCUT2D eigenvalue weighted by atomic mass is 10.2. The second-order valence-corrected chi connectivity index (χ2v) is 5.00. The number of nitrogens with zero attached hydrogens (tertiary/aromatic N) is 5. The van der Waals surface area contributed by atoms with Gasteiger partial charge in [-0.05, 0) is 37.3 Å². The Balaban J connectivity index is 1.73.